The molecule has 2 aliphatic rings. The summed E-state index contributed by atoms with van der Waals surface area (Å²) in [7, 11) is 0. The first-order valence-electron chi connectivity index (χ1n) is 11.6. The number of halogens is 3. The lowest BCUT2D eigenvalue weighted by Gasteiger charge is -2.37. The van der Waals surface area contributed by atoms with Gasteiger partial charge >= 0.3 is 18.2 Å². The van der Waals surface area contributed by atoms with Crippen molar-refractivity contribution in [2.45, 2.75) is 25.4 Å². The molecule has 0 amide bonds. The fourth-order valence-electron chi connectivity index (χ4n) is 4.43. The fraction of sp³-hybridized carbons (Fsp3) is 0.375. The number of anilines is 2. The van der Waals surface area contributed by atoms with Gasteiger partial charge in [-0.15, -0.1) is 13.2 Å². The Morgan fingerprint density at radius 2 is 1.54 bits per heavy atom. The number of aromatic nitrogens is 2. The topological polar surface area (TPSA) is 95.1 Å². The van der Waals surface area contributed by atoms with Gasteiger partial charge in [-0.1, -0.05) is 0 Å². The van der Waals surface area contributed by atoms with E-state index in [1.165, 1.54) is 18.3 Å². The number of benzene rings is 2. The van der Waals surface area contributed by atoms with E-state index in [9.17, 15) is 23.3 Å². The maximum absolute atomic E-state index is 12.4. The zero-order valence-corrected chi connectivity index (χ0v) is 19.8. The number of hydrogen-bond donors (Lipinski definition) is 0. The lowest BCUT2D eigenvalue weighted by molar-refractivity contribution is -0.389. The van der Waals surface area contributed by atoms with Crippen molar-refractivity contribution < 1.29 is 32.3 Å². The Kier molecular flexibility index (Phi) is 6.21. The van der Waals surface area contributed by atoms with Crippen molar-refractivity contribution in [1.82, 2.24) is 9.55 Å². The monoisotopic (exact) mass is 519 g/mol. The maximum atomic E-state index is 12.4. The van der Waals surface area contributed by atoms with Crippen LogP contribution in [0.25, 0.3) is 0 Å². The van der Waals surface area contributed by atoms with Gasteiger partial charge in [0.2, 0.25) is 0 Å². The van der Waals surface area contributed by atoms with E-state index in [4.69, 9.17) is 9.47 Å². The molecule has 196 valence electrons. The average Bonchev–Trinajstić information content (AvgIpc) is 3.38. The van der Waals surface area contributed by atoms with Gasteiger partial charge in [-0.05, 0) is 60.4 Å². The Morgan fingerprint density at radius 1 is 1.00 bits per heavy atom. The highest BCUT2D eigenvalue weighted by molar-refractivity contribution is 5.54. The summed E-state index contributed by atoms with van der Waals surface area (Å²) in [6.45, 7) is 5.45. The normalized spacial score (nSPS) is 19.4. The highest BCUT2D eigenvalue weighted by Gasteiger charge is 2.41. The van der Waals surface area contributed by atoms with E-state index in [1.54, 1.807) is 16.7 Å². The van der Waals surface area contributed by atoms with Crippen molar-refractivity contribution in [2.75, 3.05) is 42.6 Å². The van der Waals surface area contributed by atoms with Crippen molar-refractivity contribution >= 4 is 17.2 Å². The molecule has 2 aliphatic heterocycles. The van der Waals surface area contributed by atoms with E-state index in [1.807, 2.05) is 31.2 Å². The van der Waals surface area contributed by atoms with E-state index in [0.717, 1.165) is 37.6 Å². The van der Waals surface area contributed by atoms with Crippen LogP contribution in [-0.4, -0.2) is 59.2 Å². The summed E-state index contributed by atoms with van der Waals surface area (Å²) in [6.07, 6.45) is -3.35. The first kappa shape index (κ1) is 24.5. The van der Waals surface area contributed by atoms with Crippen LogP contribution in [0.2, 0.25) is 0 Å². The Labute approximate surface area is 209 Å². The van der Waals surface area contributed by atoms with E-state index in [0.29, 0.717) is 12.3 Å². The molecule has 37 heavy (non-hydrogen) atoms. The summed E-state index contributed by atoms with van der Waals surface area (Å²) in [5, 5.41) is 10.9. The van der Waals surface area contributed by atoms with Gasteiger partial charge in [0.05, 0.1) is 6.54 Å². The number of ether oxygens (including phenoxy) is 3. The van der Waals surface area contributed by atoms with E-state index in [-0.39, 0.29) is 24.2 Å². The Balaban J connectivity index is 1.11. The molecule has 0 radical (unpaired) electrons. The van der Waals surface area contributed by atoms with Crippen LogP contribution < -0.4 is 24.0 Å². The molecule has 0 bridgehead atoms. The smallest absolute Gasteiger partial charge is 0.489 e. The minimum absolute atomic E-state index is 0.206. The second-order valence-corrected chi connectivity index (χ2v) is 9.12. The number of hydrogen-bond acceptors (Lipinski definition) is 8. The van der Waals surface area contributed by atoms with Crippen LogP contribution in [-0.2, 0) is 6.54 Å². The predicted octanol–water partition coefficient (Wildman–Crippen LogP) is 4.25. The van der Waals surface area contributed by atoms with Gasteiger partial charge in [0.15, 0.2) is 5.60 Å². The molecule has 10 nitrogen and oxygen atoms in total. The van der Waals surface area contributed by atoms with E-state index in [2.05, 4.69) is 19.5 Å². The number of nitro groups is 1. The quantitative estimate of drug-likeness (QED) is 0.338. The summed E-state index contributed by atoms with van der Waals surface area (Å²) in [5.74, 6) is 0.187. The molecule has 0 spiro atoms. The molecule has 1 unspecified atom stereocenters. The standard InChI is InChI=1S/C24H24F3N5O5/c1-23(15-31-14-21(32(33)34)28-22(31)37-23)16-35-19-6-2-17(3-7-19)29-10-12-30(13-11-29)18-4-8-20(9-5-18)36-24(25,26)27/h2-9,14H,10-13,15-16H2,1H3. The molecule has 0 saturated carbocycles. The number of alkyl halides is 3. The molecular weight excluding hydrogens is 495 g/mol. The van der Waals surface area contributed by atoms with Crippen LogP contribution in [0.3, 0.4) is 0 Å². The summed E-state index contributed by atoms with van der Waals surface area (Å²) < 4.78 is 54.3. The third-order valence-corrected chi connectivity index (χ3v) is 6.22. The minimum Gasteiger partial charge on any atom is -0.489 e. The number of piperazine rings is 1. The lowest BCUT2D eigenvalue weighted by Crippen LogP contribution is -2.46. The lowest BCUT2D eigenvalue weighted by atomic mass is 10.1. The van der Waals surface area contributed by atoms with Gasteiger partial charge in [0.25, 0.3) is 0 Å². The maximum Gasteiger partial charge on any atom is 0.573 e. The fourth-order valence-corrected chi connectivity index (χ4v) is 4.43. The van der Waals surface area contributed by atoms with Gasteiger partial charge in [-0.25, -0.2) is 0 Å². The van der Waals surface area contributed by atoms with Crippen molar-refractivity contribution in [1.29, 1.82) is 0 Å². The van der Waals surface area contributed by atoms with Crippen LogP contribution in [0, 0.1) is 10.1 Å². The second-order valence-electron chi connectivity index (χ2n) is 9.12. The molecule has 5 rings (SSSR count). The number of imidazole rings is 1. The SMILES string of the molecule is CC1(COc2ccc(N3CCN(c4ccc(OC(F)(F)F)cc4)CC3)cc2)Cn2cc([N+](=O)[O-])nc2O1. The van der Waals surface area contributed by atoms with E-state index >= 15 is 0 Å². The van der Waals surface area contributed by atoms with Crippen LogP contribution in [0.5, 0.6) is 17.5 Å². The largest absolute Gasteiger partial charge is 0.573 e. The second kappa shape index (κ2) is 9.37. The zero-order chi connectivity index (χ0) is 26.2. The average molecular weight is 519 g/mol. The first-order valence-corrected chi connectivity index (χ1v) is 11.6. The van der Waals surface area contributed by atoms with Gasteiger partial charge in [0, 0.05) is 42.5 Å². The van der Waals surface area contributed by atoms with Crippen LogP contribution >= 0.6 is 0 Å². The Hall–Kier alpha value is -4.16. The summed E-state index contributed by atoms with van der Waals surface area (Å²) in [4.78, 5) is 18.5. The number of rotatable bonds is 7. The highest BCUT2D eigenvalue weighted by atomic mass is 19.4. The van der Waals surface area contributed by atoms with Crippen LogP contribution in [0.15, 0.2) is 54.7 Å². The Bertz CT molecular complexity index is 1230. The van der Waals surface area contributed by atoms with E-state index < -0.39 is 16.9 Å². The number of nitrogens with zero attached hydrogens (tertiary/aromatic N) is 5. The van der Waals surface area contributed by atoms with Crippen molar-refractivity contribution in [3.8, 4) is 17.5 Å². The molecule has 3 heterocycles. The molecule has 0 N–H and O–H groups in total. The number of fused-ring (bicyclic) bond motifs is 1. The predicted molar refractivity (Wildman–Crippen MR) is 127 cm³/mol. The Morgan fingerprint density at radius 3 is 2.03 bits per heavy atom. The van der Waals surface area contributed by atoms with Crippen molar-refractivity contribution in [2.24, 2.45) is 0 Å². The molecule has 1 saturated heterocycles. The summed E-state index contributed by atoms with van der Waals surface area (Å²) >= 11 is 0. The van der Waals surface area contributed by atoms with Crippen LogP contribution in [0.4, 0.5) is 30.4 Å². The molecule has 1 aromatic heterocycles. The molecule has 1 atom stereocenters. The molecule has 0 aliphatic carbocycles. The minimum atomic E-state index is -4.70. The molecule has 2 aromatic carbocycles. The van der Waals surface area contributed by atoms with Gasteiger partial charge in [0.1, 0.15) is 24.3 Å². The third-order valence-electron chi connectivity index (χ3n) is 6.22. The summed E-state index contributed by atoms with van der Waals surface area (Å²) in [6, 6.07) is 13.8. The van der Waals surface area contributed by atoms with Gasteiger partial charge < -0.3 is 34.1 Å². The first-order chi connectivity index (χ1) is 17.6. The van der Waals surface area contributed by atoms with Gasteiger partial charge in [-0.2, -0.15) is 0 Å². The molecule has 13 heteroatoms. The zero-order valence-electron chi connectivity index (χ0n) is 19.8. The molecule has 1 fully saturated rings. The van der Waals surface area contributed by atoms with Crippen LogP contribution in [0.1, 0.15) is 6.92 Å². The highest BCUT2D eigenvalue weighted by Crippen LogP contribution is 2.32. The van der Waals surface area contributed by atoms with Gasteiger partial charge in [-0.3, -0.25) is 4.57 Å². The summed E-state index contributed by atoms with van der Waals surface area (Å²) in [5.41, 5.74) is 1.19. The van der Waals surface area contributed by atoms with Crippen molar-refractivity contribution in [3.05, 3.63) is 64.8 Å². The third kappa shape index (κ3) is 5.65. The molecule has 3 aromatic rings. The molecular formula is C24H24F3N5O5. The van der Waals surface area contributed by atoms with Crippen molar-refractivity contribution in [3.63, 3.8) is 0 Å².